The fraction of sp³-hybridized carbons (Fsp3) is 0.267. The highest BCUT2D eigenvalue weighted by molar-refractivity contribution is 7.80. The van der Waals surface area contributed by atoms with Crippen molar-refractivity contribution in [3.05, 3.63) is 108 Å². The van der Waals surface area contributed by atoms with Crippen LogP contribution in [0.4, 0.5) is 11.4 Å². The quantitative estimate of drug-likeness (QED) is 0.296. The predicted molar refractivity (Wildman–Crippen MR) is 153 cm³/mol. The normalized spacial score (nSPS) is 17.3. The van der Waals surface area contributed by atoms with Gasteiger partial charge in [-0.2, -0.15) is 0 Å². The van der Waals surface area contributed by atoms with Crippen LogP contribution in [-0.4, -0.2) is 27.8 Å². The van der Waals surface area contributed by atoms with E-state index in [2.05, 4.69) is 108 Å². The van der Waals surface area contributed by atoms with Gasteiger partial charge in [-0.15, -0.1) is 0 Å². The van der Waals surface area contributed by atoms with Gasteiger partial charge in [-0.05, 0) is 100 Å². The third-order valence-corrected chi connectivity index (χ3v) is 7.47. The first-order valence-corrected chi connectivity index (χ1v) is 13.0. The van der Waals surface area contributed by atoms with Crippen molar-refractivity contribution in [3.8, 4) is 5.69 Å². The van der Waals surface area contributed by atoms with E-state index in [4.69, 9.17) is 17.2 Å². The van der Waals surface area contributed by atoms with Crippen molar-refractivity contribution < 1.29 is 0 Å². The Bertz CT molecular complexity index is 1330. The molecule has 0 saturated carbocycles. The van der Waals surface area contributed by atoms with Gasteiger partial charge >= 0.3 is 0 Å². The Morgan fingerprint density at radius 1 is 0.889 bits per heavy atom. The Hall–Kier alpha value is -3.64. The molecule has 1 aliphatic rings. The van der Waals surface area contributed by atoms with Crippen LogP contribution in [-0.2, 0) is 0 Å². The molecule has 0 radical (unpaired) electrons. The van der Waals surface area contributed by atoms with E-state index in [9.17, 15) is 0 Å². The Labute approximate surface area is 219 Å². The van der Waals surface area contributed by atoms with Crippen molar-refractivity contribution in [3.63, 3.8) is 0 Å². The number of hydrogen-bond donors (Lipinski definition) is 1. The Balaban J connectivity index is 1.60. The molecule has 1 N–H and O–H groups in total. The predicted octanol–water partition coefficient (Wildman–Crippen LogP) is 6.51. The molecule has 0 spiro atoms. The molecule has 0 amide bonds. The van der Waals surface area contributed by atoms with E-state index in [1.807, 2.05) is 24.4 Å². The van der Waals surface area contributed by atoms with Crippen LogP contribution in [0.25, 0.3) is 5.69 Å². The van der Waals surface area contributed by atoms with E-state index in [0.717, 1.165) is 29.6 Å². The zero-order valence-electron chi connectivity index (χ0n) is 21.3. The first-order chi connectivity index (χ1) is 17.5. The summed E-state index contributed by atoms with van der Waals surface area (Å²) < 4.78 is 2.35. The van der Waals surface area contributed by atoms with Crippen LogP contribution in [0.2, 0.25) is 0 Å². The second-order valence-electron chi connectivity index (χ2n) is 9.18. The van der Waals surface area contributed by atoms with Crippen molar-refractivity contribution in [2.75, 3.05) is 22.9 Å². The number of hydrogen-bond acceptors (Lipinski definition) is 3. The highest BCUT2D eigenvalue weighted by atomic mass is 32.1. The van der Waals surface area contributed by atoms with Gasteiger partial charge in [-0.1, -0.05) is 24.3 Å². The molecule has 1 fully saturated rings. The molecule has 0 aliphatic carbocycles. The van der Waals surface area contributed by atoms with Crippen LogP contribution in [0.5, 0.6) is 0 Å². The van der Waals surface area contributed by atoms with Crippen LogP contribution >= 0.6 is 12.2 Å². The molecule has 5 rings (SSSR count). The van der Waals surface area contributed by atoms with Gasteiger partial charge < -0.3 is 19.7 Å². The van der Waals surface area contributed by atoms with Crippen LogP contribution in [0, 0.1) is 13.8 Å². The third-order valence-electron chi connectivity index (χ3n) is 7.16. The van der Waals surface area contributed by atoms with Gasteiger partial charge in [-0.25, -0.2) is 0 Å². The highest BCUT2D eigenvalue weighted by Crippen LogP contribution is 2.43. The van der Waals surface area contributed by atoms with Crippen LogP contribution in [0.15, 0.2) is 85.1 Å². The molecular formula is C30H33N5S. The van der Waals surface area contributed by atoms with E-state index >= 15 is 0 Å². The highest BCUT2D eigenvalue weighted by Gasteiger charge is 2.42. The standard InChI is InChI=1S/C30H33N5S/c1-5-33(6-2)23-15-17-25(18-16-23)34-21(3)20-26(22(34)4)29-28(27-14-10-11-19-31-27)32-30(36)35(29)24-12-8-7-9-13-24/h7-20,28-29H,5-6H2,1-4H3,(H,32,36)/t28-,29+/m0/s1. The van der Waals surface area contributed by atoms with Crippen molar-refractivity contribution >= 4 is 28.7 Å². The molecule has 184 valence electrons. The molecule has 1 saturated heterocycles. The molecule has 4 aromatic rings. The smallest absolute Gasteiger partial charge is 0.174 e. The van der Waals surface area contributed by atoms with Gasteiger partial charge in [0.25, 0.3) is 0 Å². The number of aryl methyl sites for hydroxylation is 1. The van der Waals surface area contributed by atoms with Crippen LogP contribution < -0.4 is 15.1 Å². The van der Waals surface area contributed by atoms with Gasteiger partial charge in [0.05, 0.1) is 17.8 Å². The number of benzene rings is 2. The first-order valence-electron chi connectivity index (χ1n) is 12.6. The van der Waals surface area contributed by atoms with Gasteiger partial charge in [0.15, 0.2) is 5.11 Å². The fourth-order valence-corrected chi connectivity index (χ4v) is 5.77. The number of rotatable bonds is 7. The lowest BCUT2D eigenvalue weighted by molar-refractivity contribution is 0.565. The average molecular weight is 496 g/mol. The first kappa shape index (κ1) is 24.1. The molecule has 2 aromatic heterocycles. The maximum atomic E-state index is 5.89. The maximum absolute atomic E-state index is 5.89. The number of nitrogens with zero attached hydrogens (tertiary/aromatic N) is 4. The summed E-state index contributed by atoms with van der Waals surface area (Å²) in [6.07, 6.45) is 1.85. The van der Waals surface area contributed by atoms with Gasteiger partial charge in [0.1, 0.15) is 0 Å². The lowest BCUT2D eigenvalue weighted by Gasteiger charge is -2.28. The number of anilines is 2. The SMILES string of the molecule is CCN(CC)c1ccc(-n2c(C)cc([C@@H]3[C@H](c4ccccn4)NC(=S)N3c3ccccc3)c2C)cc1. The van der Waals surface area contributed by atoms with Crippen molar-refractivity contribution in [1.82, 2.24) is 14.9 Å². The van der Waals surface area contributed by atoms with E-state index in [1.165, 1.54) is 28.3 Å². The lowest BCUT2D eigenvalue weighted by Crippen LogP contribution is -2.29. The monoisotopic (exact) mass is 495 g/mol. The Morgan fingerprint density at radius 3 is 2.22 bits per heavy atom. The molecule has 6 heteroatoms. The van der Waals surface area contributed by atoms with Gasteiger partial charge in [0.2, 0.25) is 0 Å². The van der Waals surface area contributed by atoms with Gasteiger partial charge in [0, 0.05) is 47.7 Å². The molecule has 3 heterocycles. The van der Waals surface area contributed by atoms with Crippen molar-refractivity contribution in [2.24, 2.45) is 0 Å². The molecule has 0 unspecified atom stereocenters. The molecule has 36 heavy (non-hydrogen) atoms. The molecular weight excluding hydrogens is 462 g/mol. The molecule has 0 bridgehead atoms. The van der Waals surface area contributed by atoms with E-state index in [-0.39, 0.29) is 12.1 Å². The number of nitrogens with one attached hydrogen (secondary N) is 1. The maximum Gasteiger partial charge on any atom is 0.174 e. The van der Waals surface area contributed by atoms with E-state index < -0.39 is 0 Å². The zero-order chi connectivity index (χ0) is 25.2. The molecule has 5 nitrogen and oxygen atoms in total. The average Bonchev–Trinajstić information content (AvgIpc) is 3.41. The molecule has 2 aromatic carbocycles. The summed E-state index contributed by atoms with van der Waals surface area (Å²) in [5, 5.41) is 4.29. The Morgan fingerprint density at radius 2 is 1.58 bits per heavy atom. The Kier molecular flexibility index (Phi) is 6.79. The number of para-hydroxylation sites is 1. The minimum Gasteiger partial charge on any atom is -0.372 e. The largest absolute Gasteiger partial charge is 0.372 e. The molecule has 1 aliphatic heterocycles. The summed E-state index contributed by atoms with van der Waals surface area (Å²) in [6.45, 7) is 10.8. The third kappa shape index (κ3) is 4.26. The summed E-state index contributed by atoms with van der Waals surface area (Å²) in [6, 6.07) is 27.6. The minimum atomic E-state index is -0.0575. The second-order valence-corrected chi connectivity index (χ2v) is 9.57. The summed E-state index contributed by atoms with van der Waals surface area (Å²) in [5.41, 5.74) is 8.13. The van der Waals surface area contributed by atoms with Crippen molar-refractivity contribution in [1.29, 1.82) is 0 Å². The van der Waals surface area contributed by atoms with Crippen LogP contribution in [0.1, 0.15) is 48.6 Å². The van der Waals surface area contributed by atoms with Gasteiger partial charge in [-0.3, -0.25) is 4.98 Å². The summed E-state index contributed by atoms with van der Waals surface area (Å²) >= 11 is 5.89. The van der Waals surface area contributed by atoms with E-state index in [0.29, 0.717) is 0 Å². The summed E-state index contributed by atoms with van der Waals surface area (Å²) in [4.78, 5) is 9.30. The second kappa shape index (κ2) is 10.2. The summed E-state index contributed by atoms with van der Waals surface area (Å²) in [5.74, 6) is 0. The molecule has 2 atom stereocenters. The number of pyridine rings is 1. The summed E-state index contributed by atoms with van der Waals surface area (Å²) in [7, 11) is 0. The zero-order valence-corrected chi connectivity index (χ0v) is 22.2. The van der Waals surface area contributed by atoms with Crippen molar-refractivity contribution in [2.45, 2.75) is 39.8 Å². The lowest BCUT2D eigenvalue weighted by atomic mass is 9.96. The topological polar surface area (TPSA) is 36.3 Å². The van der Waals surface area contributed by atoms with E-state index in [1.54, 1.807) is 0 Å². The fourth-order valence-electron chi connectivity index (χ4n) is 5.42. The number of thiocarbonyl (C=S) groups is 1. The van der Waals surface area contributed by atoms with Crippen LogP contribution in [0.3, 0.4) is 0 Å². The number of aromatic nitrogens is 2. The minimum absolute atomic E-state index is 0.0234.